The van der Waals surface area contributed by atoms with Crippen LogP contribution < -0.4 is 10.3 Å². The highest BCUT2D eigenvalue weighted by Gasteiger charge is 2.14. The minimum atomic E-state index is -0.944. The number of nitrogens with one attached hydrogen (secondary N) is 1. The number of nitriles is 1. The van der Waals surface area contributed by atoms with E-state index < -0.39 is 17.2 Å². The minimum absolute atomic E-state index is 0.0324. The second-order valence-corrected chi connectivity index (χ2v) is 6.27. The fourth-order valence-corrected chi connectivity index (χ4v) is 2.77. The maximum Gasteiger partial charge on any atom is 0.270 e. The van der Waals surface area contributed by atoms with E-state index in [1.807, 2.05) is 6.07 Å². The minimum Gasteiger partial charge on any atom is -0.489 e. The number of halogens is 2. The molecule has 0 atom stereocenters. The average Bonchev–Trinajstić information content (AvgIpc) is 2.68. The number of aromatic nitrogens is 2. The molecule has 0 amide bonds. The van der Waals surface area contributed by atoms with E-state index >= 15 is 0 Å². The largest absolute Gasteiger partial charge is 0.489 e. The Labute approximate surface area is 157 Å². The van der Waals surface area contributed by atoms with Crippen LogP contribution in [0.4, 0.5) is 8.78 Å². The lowest BCUT2D eigenvalue weighted by Crippen LogP contribution is -2.14. The quantitative estimate of drug-likeness (QED) is 0.533. The van der Waals surface area contributed by atoms with E-state index in [1.54, 1.807) is 30.5 Å². The third kappa shape index (κ3) is 4.15. The van der Waals surface area contributed by atoms with Gasteiger partial charge in [-0.05, 0) is 36.1 Å². The predicted octanol–water partition coefficient (Wildman–Crippen LogP) is 3.89. The zero-order chi connectivity index (χ0) is 19.4. The van der Waals surface area contributed by atoms with E-state index in [1.165, 1.54) is 17.8 Å². The van der Waals surface area contributed by atoms with Gasteiger partial charge in [-0.2, -0.15) is 5.26 Å². The highest BCUT2D eigenvalue weighted by atomic mass is 32.2. The Morgan fingerprint density at radius 3 is 2.74 bits per heavy atom. The van der Waals surface area contributed by atoms with Crippen LogP contribution in [-0.4, -0.2) is 16.2 Å². The van der Waals surface area contributed by atoms with Crippen molar-refractivity contribution in [2.45, 2.75) is 11.8 Å². The Morgan fingerprint density at radius 2 is 2.04 bits per heavy atom. The Morgan fingerprint density at radius 1 is 1.22 bits per heavy atom. The third-order valence-electron chi connectivity index (χ3n) is 3.70. The molecule has 0 unspecified atom stereocenters. The zero-order valence-electron chi connectivity index (χ0n) is 14.1. The van der Waals surface area contributed by atoms with Crippen LogP contribution in [0.1, 0.15) is 11.1 Å². The van der Waals surface area contributed by atoms with Crippen LogP contribution in [-0.2, 0) is 6.61 Å². The molecule has 0 fully saturated rings. The van der Waals surface area contributed by atoms with Gasteiger partial charge in [0.2, 0.25) is 0 Å². The van der Waals surface area contributed by atoms with Crippen molar-refractivity contribution in [1.82, 2.24) is 9.97 Å². The Hall–Kier alpha value is -3.18. The van der Waals surface area contributed by atoms with Gasteiger partial charge >= 0.3 is 0 Å². The van der Waals surface area contributed by atoms with Crippen molar-refractivity contribution in [3.05, 3.63) is 75.6 Å². The second kappa shape index (κ2) is 8.01. The molecule has 136 valence electrons. The summed E-state index contributed by atoms with van der Waals surface area (Å²) >= 11 is 1.25. The van der Waals surface area contributed by atoms with Gasteiger partial charge in [0.05, 0.1) is 5.69 Å². The molecule has 27 heavy (non-hydrogen) atoms. The van der Waals surface area contributed by atoms with Crippen molar-refractivity contribution < 1.29 is 13.5 Å². The van der Waals surface area contributed by atoms with Gasteiger partial charge in [0.25, 0.3) is 5.56 Å². The first-order valence-electron chi connectivity index (χ1n) is 7.77. The Balaban J connectivity index is 1.90. The molecule has 2 aromatic carbocycles. The van der Waals surface area contributed by atoms with Crippen LogP contribution in [0.5, 0.6) is 5.75 Å². The van der Waals surface area contributed by atoms with E-state index in [0.717, 1.165) is 12.1 Å². The normalized spacial score (nSPS) is 10.4. The van der Waals surface area contributed by atoms with Gasteiger partial charge in [-0.15, -0.1) is 0 Å². The van der Waals surface area contributed by atoms with E-state index in [-0.39, 0.29) is 17.9 Å². The number of thioether (sulfide) groups is 1. The fraction of sp³-hybridized carbons (Fsp3) is 0.105. The molecule has 0 bridgehead atoms. The van der Waals surface area contributed by atoms with Gasteiger partial charge in [0.15, 0.2) is 16.8 Å². The molecular formula is C19H13F2N3O2S. The molecule has 0 aliphatic heterocycles. The van der Waals surface area contributed by atoms with Gasteiger partial charge in [0.1, 0.15) is 24.0 Å². The lowest BCUT2D eigenvalue weighted by Gasteiger charge is -2.09. The van der Waals surface area contributed by atoms with Gasteiger partial charge in [-0.25, -0.2) is 13.8 Å². The highest BCUT2D eigenvalue weighted by molar-refractivity contribution is 7.98. The molecule has 3 rings (SSSR count). The number of ether oxygens (including phenoxy) is 1. The molecule has 0 aliphatic rings. The molecule has 5 nitrogen and oxygen atoms in total. The number of benzene rings is 2. The Bertz CT molecular complexity index is 1090. The van der Waals surface area contributed by atoms with Crippen molar-refractivity contribution in [1.29, 1.82) is 5.26 Å². The fourth-order valence-electron chi connectivity index (χ4n) is 2.39. The molecule has 1 heterocycles. The first-order valence-corrected chi connectivity index (χ1v) is 9.00. The van der Waals surface area contributed by atoms with Crippen molar-refractivity contribution in [2.24, 2.45) is 0 Å². The first-order chi connectivity index (χ1) is 13.0. The van der Waals surface area contributed by atoms with E-state index in [4.69, 9.17) is 4.74 Å². The lowest BCUT2D eigenvalue weighted by molar-refractivity contribution is 0.305. The molecule has 0 saturated heterocycles. The van der Waals surface area contributed by atoms with Crippen LogP contribution in [0.25, 0.3) is 11.3 Å². The standard InChI is InChI=1S/C19H13F2N3O2S/c1-27-19-23-17(14(9-22)18(25)24-19)12-3-2-4-13(8-12)26-10-11-5-6-15(20)16(21)7-11/h2-8H,10H2,1H3,(H,23,24,25). The van der Waals surface area contributed by atoms with E-state index in [0.29, 0.717) is 22.0 Å². The molecule has 1 aromatic heterocycles. The SMILES string of the molecule is CSc1nc(-c2cccc(OCc3ccc(F)c(F)c3)c2)c(C#N)c(=O)[nH]1. The molecule has 8 heteroatoms. The average molecular weight is 385 g/mol. The third-order valence-corrected chi connectivity index (χ3v) is 4.28. The topological polar surface area (TPSA) is 78.8 Å². The highest BCUT2D eigenvalue weighted by Crippen LogP contribution is 2.25. The zero-order valence-corrected chi connectivity index (χ0v) is 14.9. The molecule has 0 saturated carbocycles. The van der Waals surface area contributed by atoms with Gasteiger partial charge in [0, 0.05) is 5.56 Å². The maximum atomic E-state index is 13.3. The summed E-state index contributed by atoms with van der Waals surface area (Å²) in [5.74, 6) is -1.43. The van der Waals surface area contributed by atoms with Crippen LogP contribution in [0.15, 0.2) is 52.4 Å². The summed E-state index contributed by atoms with van der Waals surface area (Å²) in [7, 11) is 0. The lowest BCUT2D eigenvalue weighted by atomic mass is 10.1. The van der Waals surface area contributed by atoms with Crippen molar-refractivity contribution >= 4 is 11.8 Å². The molecule has 0 aliphatic carbocycles. The van der Waals surface area contributed by atoms with Crippen LogP contribution in [0.2, 0.25) is 0 Å². The molecule has 1 N–H and O–H groups in total. The van der Waals surface area contributed by atoms with Crippen molar-refractivity contribution in [2.75, 3.05) is 6.26 Å². The predicted molar refractivity (Wildman–Crippen MR) is 97.5 cm³/mol. The summed E-state index contributed by atoms with van der Waals surface area (Å²) in [5.41, 5.74) is 0.654. The number of H-pyrrole nitrogens is 1. The van der Waals surface area contributed by atoms with Crippen LogP contribution in [0.3, 0.4) is 0 Å². The summed E-state index contributed by atoms with van der Waals surface area (Å²) in [4.78, 5) is 18.9. The second-order valence-electron chi connectivity index (χ2n) is 5.48. The van der Waals surface area contributed by atoms with Gasteiger partial charge in [-0.1, -0.05) is 30.0 Å². The van der Waals surface area contributed by atoms with E-state index in [9.17, 15) is 18.8 Å². The Kier molecular flexibility index (Phi) is 5.52. The van der Waals surface area contributed by atoms with E-state index in [2.05, 4.69) is 9.97 Å². The monoisotopic (exact) mass is 385 g/mol. The van der Waals surface area contributed by atoms with Crippen LogP contribution >= 0.6 is 11.8 Å². The summed E-state index contributed by atoms with van der Waals surface area (Å²) in [6.07, 6.45) is 1.76. The van der Waals surface area contributed by atoms with Gasteiger partial charge in [-0.3, -0.25) is 4.79 Å². The summed E-state index contributed by atoms with van der Waals surface area (Å²) in [6, 6.07) is 12.1. The summed E-state index contributed by atoms with van der Waals surface area (Å²) < 4.78 is 31.9. The maximum absolute atomic E-state index is 13.3. The number of hydrogen-bond acceptors (Lipinski definition) is 5. The first kappa shape index (κ1) is 18.6. The number of rotatable bonds is 5. The number of hydrogen-bond donors (Lipinski definition) is 1. The summed E-state index contributed by atoms with van der Waals surface area (Å²) in [5, 5.41) is 9.67. The van der Waals surface area contributed by atoms with Crippen LogP contribution in [0, 0.1) is 23.0 Å². The number of nitrogens with zero attached hydrogens (tertiary/aromatic N) is 2. The van der Waals surface area contributed by atoms with Crippen molar-refractivity contribution in [3.8, 4) is 23.1 Å². The molecule has 0 spiro atoms. The molecule has 0 radical (unpaired) electrons. The number of aromatic amines is 1. The molecule has 3 aromatic rings. The molecular weight excluding hydrogens is 372 g/mol. The smallest absolute Gasteiger partial charge is 0.270 e. The summed E-state index contributed by atoms with van der Waals surface area (Å²) in [6.45, 7) is 0.0324. The van der Waals surface area contributed by atoms with Gasteiger partial charge < -0.3 is 9.72 Å². The van der Waals surface area contributed by atoms with Crippen molar-refractivity contribution in [3.63, 3.8) is 0 Å².